The number of nitrogens with zero attached hydrogens (tertiary/aromatic N) is 4. The van der Waals surface area contributed by atoms with Crippen molar-refractivity contribution in [3.8, 4) is 0 Å². The number of carbonyl (C=O) groups excluding carboxylic acids is 1. The van der Waals surface area contributed by atoms with Crippen LogP contribution >= 0.6 is 0 Å². The van der Waals surface area contributed by atoms with Crippen LogP contribution < -0.4 is 10.2 Å². The summed E-state index contributed by atoms with van der Waals surface area (Å²) < 4.78 is 15.3. The minimum absolute atomic E-state index is 0.0288. The Kier molecular flexibility index (Phi) is 5.66. The number of imidazole rings is 1. The summed E-state index contributed by atoms with van der Waals surface area (Å²) >= 11 is 0. The molecule has 3 heterocycles. The van der Waals surface area contributed by atoms with Gasteiger partial charge in [-0.2, -0.15) is 0 Å². The van der Waals surface area contributed by atoms with Crippen LogP contribution in [0, 0.1) is 11.2 Å². The predicted molar refractivity (Wildman–Crippen MR) is 117 cm³/mol. The highest BCUT2D eigenvalue weighted by Gasteiger charge is 2.29. The van der Waals surface area contributed by atoms with Gasteiger partial charge in [-0.25, -0.2) is 13.9 Å². The molecular formula is C23H28FN5O2. The summed E-state index contributed by atoms with van der Waals surface area (Å²) in [6.45, 7) is 6.51. The average Bonchev–Trinajstić information content (AvgIpc) is 3.37. The van der Waals surface area contributed by atoms with E-state index in [4.69, 9.17) is 5.10 Å². The number of rotatable bonds is 5. The van der Waals surface area contributed by atoms with Crippen LogP contribution in [0.15, 0.2) is 42.6 Å². The highest BCUT2D eigenvalue weighted by molar-refractivity contribution is 5.93. The lowest BCUT2D eigenvalue weighted by molar-refractivity contribution is 0.0841. The van der Waals surface area contributed by atoms with Crippen LogP contribution in [0.2, 0.25) is 0 Å². The van der Waals surface area contributed by atoms with Crippen LogP contribution in [0.5, 0.6) is 0 Å². The van der Waals surface area contributed by atoms with Gasteiger partial charge in [0, 0.05) is 6.54 Å². The van der Waals surface area contributed by atoms with E-state index in [9.17, 15) is 14.3 Å². The molecule has 1 aromatic carbocycles. The summed E-state index contributed by atoms with van der Waals surface area (Å²) in [5.74, 6) is 0.119. The zero-order valence-corrected chi connectivity index (χ0v) is 18.0. The lowest BCUT2D eigenvalue weighted by Crippen LogP contribution is -2.46. The van der Waals surface area contributed by atoms with Gasteiger partial charge in [0.25, 0.3) is 5.91 Å². The number of amides is 1. The van der Waals surface area contributed by atoms with Gasteiger partial charge in [0.1, 0.15) is 11.6 Å². The number of halogens is 1. The molecule has 164 valence electrons. The molecule has 2 unspecified atom stereocenters. The van der Waals surface area contributed by atoms with E-state index in [0.717, 1.165) is 24.9 Å². The van der Waals surface area contributed by atoms with Crippen LogP contribution in [-0.4, -0.2) is 44.8 Å². The van der Waals surface area contributed by atoms with E-state index in [1.165, 1.54) is 16.8 Å². The molecule has 8 heteroatoms. The number of hydrogen-bond donors (Lipinski definition) is 2. The zero-order valence-electron chi connectivity index (χ0n) is 18.0. The second-order valence-corrected chi connectivity index (χ2v) is 9.09. The first kappa shape index (κ1) is 21.2. The third kappa shape index (κ3) is 4.25. The smallest absolute Gasteiger partial charge is 0.271 e. The highest BCUT2D eigenvalue weighted by atomic mass is 19.1. The Morgan fingerprint density at radius 3 is 2.84 bits per heavy atom. The van der Waals surface area contributed by atoms with Gasteiger partial charge in [0.15, 0.2) is 11.3 Å². The van der Waals surface area contributed by atoms with Gasteiger partial charge in [-0.15, -0.1) is 5.10 Å². The molecule has 0 bridgehead atoms. The molecule has 1 aliphatic heterocycles. The lowest BCUT2D eigenvalue weighted by atomic mass is 9.87. The third-order valence-corrected chi connectivity index (χ3v) is 5.89. The third-order valence-electron chi connectivity index (χ3n) is 5.89. The lowest BCUT2D eigenvalue weighted by Gasteiger charge is -2.29. The Morgan fingerprint density at radius 2 is 2.13 bits per heavy atom. The van der Waals surface area contributed by atoms with Crippen LogP contribution in [0.25, 0.3) is 5.65 Å². The number of anilines is 1. The Bertz CT molecular complexity index is 1090. The van der Waals surface area contributed by atoms with Crippen LogP contribution in [-0.2, 0) is 0 Å². The number of carbonyl (C=O) groups is 1. The quantitative estimate of drug-likeness (QED) is 0.655. The van der Waals surface area contributed by atoms with E-state index in [1.54, 1.807) is 12.1 Å². The van der Waals surface area contributed by atoms with Crippen LogP contribution in [0.4, 0.5) is 10.2 Å². The molecule has 4 rings (SSSR count). The summed E-state index contributed by atoms with van der Waals surface area (Å²) in [6, 6.07) is 10.0. The van der Waals surface area contributed by atoms with Crippen LogP contribution in [0.3, 0.4) is 0 Å². The number of aliphatic hydroxyl groups excluding tert-OH is 1. The predicted octanol–water partition coefficient (Wildman–Crippen LogP) is 3.35. The first-order valence-electron chi connectivity index (χ1n) is 10.6. The van der Waals surface area contributed by atoms with Crippen molar-refractivity contribution in [1.29, 1.82) is 0 Å². The van der Waals surface area contributed by atoms with Crippen molar-refractivity contribution in [1.82, 2.24) is 19.9 Å². The SMILES string of the molecule is CC(C)(C)C(CO)NC(=O)c1cnc2ccc(N3CCCC3c3cccc(F)c3)nn12. The molecule has 0 radical (unpaired) electrons. The van der Waals surface area contributed by atoms with E-state index in [-0.39, 0.29) is 29.8 Å². The van der Waals surface area contributed by atoms with Crippen molar-refractivity contribution >= 4 is 17.4 Å². The van der Waals surface area contributed by atoms with Crippen molar-refractivity contribution in [3.05, 3.63) is 59.7 Å². The normalized spacial score (nSPS) is 17.8. The summed E-state index contributed by atoms with van der Waals surface area (Å²) in [7, 11) is 0. The van der Waals surface area contributed by atoms with Crippen molar-refractivity contribution in [2.24, 2.45) is 5.41 Å². The molecule has 1 saturated heterocycles. The standard InChI is InChI=1S/C23H28FN5O2/c1-23(2,3)19(14-30)26-22(31)18-13-25-20-9-10-21(27-29(18)20)28-11-5-8-17(28)15-6-4-7-16(24)12-15/h4,6-7,9-10,12-13,17,19,30H,5,8,11,14H2,1-3H3,(H,26,31). The monoisotopic (exact) mass is 425 g/mol. The summed E-state index contributed by atoms with van der Waals surface area (Å²) in [5.41, 5.74) is 1.49. The molecule has 1 fully saturated rings. The maximum Gasteiger partial charge on any atom is 0.271 e. The Hall–Kier alpha value is -3.00. The van der Waals surface area contributed by atoms with E-state index < -0.39 is 6.04 Å². The van der Waals surface area contributed by atoms with E-state index in [1.807, 2.05) is 39.0 Å². The zero-order chi connectivity index (χ0) is 22.2. The van der Waals surface area contributed by atoms with Crippen molar-refractivity contribution in [2.75, 3.05) is 18.1 Å². The fourth-order valence-corrected chi connectivity index (χ4v) is 4.04. The van der Waals surface area contributed by atoms with E-state index in [2.05, 4.69) is 15.2 Å². The number of fused-ring (bicyclic) bond motifs is 1. The van der Waals surface area contributed by atoms with Gasteiger partial charge in [0.05, 0.1) is 24.9 Å². The minimum Gasteiger partial charge on any atom is -0.394 e. The second-order valence-electron chi connectivity index (χ2n) is 9.09. The number of aromatic nitrogens is 3. The molecule has 1 aliphatic rings. The molecule has 31 heavy (non-hydrogen) atoms. The Labute approximate surface area is 180 Å². The van der Waals surface area contributed by atoms with Gasteiger partial charge in [-0.1, -0.05) is 32.9 Å². The molecule has 0 saturated carbocycles. The van der Waals surface area contributed by atoms with Gasteiger partial charge < -0.3 is 15.3 Å². The summed E-state index contributed by atoms with van der Waals surface area (Å²) in [6.07, 6.45) is 3.37. The van der Waals surface area contributed by atoms with Crippen molar-refractivity contribution < 1.29 is 14.3 Å². The number of hydrogen-bond acceptors (Lipinski definition) is 5. The fraction of sp³-hybridized carbons (Fsp3) is 0.435. The molecule has 2 N–H and O–H groups in total. The van der Waals surface area contributed by atoms with Gasteiger partial charge >= 0.3 is 0 Å². The first-order valence-corrected chi connectivity index (χ1v) is 10.6. The molecule has 2 aromatic heterocycles. The average molecular weight is 426 g/mol. The first-order chi connectivity index (χ1) is 14.8. The number of aliphatic hydroxyl groups is 1. The molecular weight excluding hydrogens is 397 g/mol. The molecule has 3 aromatic rings. The molecule has 0 spiro atoms. The van der Waals surface area contributed by atoms with Crippen molar-refractivity contribution in [3.63, 3.8) is 0 Å². The summed E-state index contributed by atoms with van der Waals surface area (Å²) in [4.78, 5) is 19.4. The Morgan fingerprint density at radius 1 is 1.32 bits per heavy atom. The number of benzene rings is 1. The van der Waals surface area contributed by atoms with Gasteiger partial charge in [-0.3, -0.25) is 4.79 Å². The van der Waals surface area contributed by atoms with Crippen molar-refractivity contribution in [2.45, 2.75) is 45.7 Å². The molecule has 7 nitrogen and oxygen atoms in total. The second kappa shape index (κ2) is 8.26. The minimum atomic E-state index is -0.398. The largest absolute Gasteiger partial charge is 0.394 e. The van der Waals surface area contributed by atoms with Gasteiger partial charge in [-0.05, 0) is 48.1 Å². The number of nitrogens with one attached hydrogen (secondary N) is 1. The Balaban J connectivity index is 1.64. The van der Waals surface area contributed by atoms with E-state index in [0.29, 0.717) is 17.2 Å². The highest BCUT2D eigenvalue weighted by Crippen LogP contribution is 2.35. The van der Waals surface area contributed by atoms with Gasteiger partial charge in [0.2, 0.25) is 0 Å². The maximum atomic E-state index is 13.8. The van der Waals surface area contributed by atoms with Crippen LogP contribution in [0.1, 0.15) is 55.7 Å². The van der Waals surface area contributed by atoms with E-state index >= 15 is 0 Å². The molecule has 2 atom stereocenters. The maximum absolute atomic E-state index is 13.8. The fourth-order valence-electron chi connectivity index (χ4n) is 4.04. The molecule has 1 amide bonds. The topological polar surface area (TPSA) is 82.8 Å². The molecule has 0 aliphatic carbocycles. The summed E-state index contributed by atoms with van der Waals surface area (Å²) in [5, 5.41) is 17.3.